The highest BCUT2D eigenvalue weighted by molar-refractivity contribution is 14.0. The minimum Gasteiger partial charge on any atom is -0.365 e. The highest BCUT2D eigenvalue weighted by atomic mass is 127. The van der Waals surface area contributed by atoms with E-state index in [1.807, 2.05) is 0 Å². The lowest BCUT2D eigenvalue weighted by Crippen LogP contribution is -2.44. The van der Waals surface area contributed by atoms with Crippen LogP contribution < -0.4 is 15.5 Å². The molecule has 2 heterocycles. The SMILES string of the molecule is CN=C(NCc1csc(C(C)(C)C)n1)NC1CCN(c2c(F)cccc2F)C1.I. The summed E-state index contributed by atoms with van der Waals surface area (Å²) in [6.07, 6.45) is 0.777. The lowest BCUT2D eigenvalue weighted by atomic mass is 9.98. The molecule has 0 radical (unpaired) electrons. The molecule has 1 aromatic heterocycles. The van der Waals surface area contributed by atoms with Gasteiger partial charge in [-0.3, -0.25) is 4.99 Å². The van der Waals surface area contributed by atoms with Gasteiger partial charge in [-0.25, -0.2) is 13.8 Å². The molecule has 1 atom stereocenters. The summed E-state index contributed by atoms with van der Waals surface area (Å²) in [7, 11) is 1.71. The van der Waals surface area contributed by atoms with Gasteiger partial charge in [0.1, 0.15) is 17.3 Å². The molecule has 3 rings (SSSR count). The van der Waals surface area contributed by atoms with Crippen LogP contribution in [-0.4, -0.2) is 37.1 Å². The standard InChI is InChI=1S/C20H27F2N5S.HI/c1-20(2,3)18-25-14(12-28-18)10-24-19(23-4)26-13-8-9-27(11-13)17-15(21)6-5-7-16(17)22;/h5-7,12-13H,8-11H2,1-4H3,(H2,23,24,26);1H. The maximum atomic E-state index is 14.0. The summed E-state index contributed by atoms with van der Waals surface area (Å²) in [5.74, 6) is -0.395. The third-order valence-electron chi connectivity index (χ3n) is 4.64. The van der Waals surface area contributed by atoms with Crippen LogP contribution in [0.4, 0.5) is 14.5 Å². The van der Waals surface area contributed by atoms with Crippen LogP contribution in [0.3, 0.4) is 0 Å². The number of nitrogens with zero attached hydrogens (tertiary/aromatic N) is 3. The number of thiazole rings is 1. The smallest absolute Gasteiger partial charge is 0.191 e. The van der Waals surface area contributed by atoms with E-state index in [2.05, 4.69) is 46.8 Å². The van der Waals surface area contributed by atoms with E-state index in [0.717, 1.165) is 17.1 Å². The molecule has 1 saturated heterocycles. The summed E-state index contributed by atoms with van der Waals surface area (Å²) >= 11 is 1.66. The maximum absolute atomic E-state index is 14.0. The van der Waals surface area contributed by atoms with E-state index >= 15 is 0 Å². The number of para-hydroxylation sites is 1. The summed E-state index contributed by atoms with van der Waals surface area (Å²) in [6, 6.07) is 4.03. The first-order valence-corrected chi connectivity index (χ1v) is 10.3. The predicted molar refractivity (Wildman–Crippen MR) is 127 cm³/mol. The van der Waals surface area contributed by atoms with Crippen molar-refractivity contribution in [1.82, 2.24) is 15.6 Å². The Morgan fingerprint density at radius 2 is 2.00 bits per heavy atom. The Kier molecular flexibility index (Phi) is 8.21. The fourth-order valence-electron chi connectivity index (χ4n) is 3.17. The molecule has 0 bridgehead atoms. The first kappa shape index (κ1) is 23.8. The lowest BCUT2D eigenvalue weighted by molar-refractivity contribution is 0.575. The minimum atomic E-state index is -0.527. The van der Waals surface area contributed by atoms with Crippen molar-refractivity contribution in [2.75, 3.05) is 25.0 Å². The average Bonchev–Trinajstić information content (AvgIpc) is 3.28. The van der Waals surface area contributed by atoms with Crippen molar-refractivity contribution in [2.24, 2.45) is 4.99 Å². The summed E-state index contributed by atoms with van der Waals surface area (Å²) in [6.45, 7) is 8.12. The Morgan fingerprint density at radius 1 is 1.31 bits per heavy atom. The van der Waals surface area contributed by atoms with Gasteiger partial charge in [0.25, 0.3) is 0 Å². The van der Waals surface area contributed by atoms with Crippen LogP contribution >= 0.6 is 35.3 Å². The molecule has 0 spiro atoms. The van der Waals surface area contributed by atoms with Gasteiger partial charge < -0.3 is 15.5 Å². The normalized spacial score (nSPS) is 17.2. The molecule has 0 saturated carbocycles. The molecule has 29 heavy (non-hydrogen) atoms. The largest absolute Gasteiger partial charge is 0.365 e. The Labute approximate surface area is 192 Å². The second-order valence-electron chi connectivity index (χ2n) is 7.97. The van der Waals surface area contributed by atoms with Crippen molar-refractivity contribution in [1.29, 1.82) is 0 Å². The number of guanidine groups is 1. The minimum absolute atomic E-state index is 0. The lowest BCUT2D eigenvalue weighted by Gasteiger charge is -2.21. The third kappa shape index (κ3) is 6.00. The molecule has 1 fully saturated rings. The maximum Gasteiger partial charge on any atom is 0.191 e. The molecule has 1 aromatic carbocycles. The van der Waals surface area contributed by atoms with Crippen LogP contribution in [0.25, 0.3) is 0 Å². The van der Waals surface area contributed by atoms with E-state index < -0.39 is 11.6 Å². The van der Waals surface area contributed by atoms with Gasteiger partial charge in [-0.05, 0) is 18.6 Å². The van der Waals surface area contributed by atoms with E-state index in [1.54, 1.807) is 23.3 Å². The van der Waals surface area contributed by atoms with Gasteiger partial charge >= 0.3 is 0 Å². The fraction of sp³-hybridized carbons (Fsp3) is 0.500. The summed E-state index contributed by atoms with van der Waals surface area (Å²) in [4.78, 5) is 10.7. The first-order chi connectivity index (χ1) is 13.3. The second kappa shape index (κ2) is 10.0. The summed E-state index contributed by atoms with van der Waals surface area (Å²) in [5, 5.41) is 9.77. The van der Waals surface area contributed by atoms with Crippen LogP contribution in [0.1, 0.15) is 37.9 Å². The number of anilines is 1. The monoisotopic (exact) mass is 535 g/mol. The Hall–Kier alpha value is -1.49. The van der Waals surface area contributed by atoms with Gasteiger partial charge in [0.2, 0.25) is 0 Å². The topological polar surface area (TPSA) is 52.6 Å². The molecule has 9 heteroatoms. The quantitative estimate of drug-likeness (QED) is 0.349. The molecule has 0 aliphatic carbocycles. The average molecular weight is 535 g/mol. The van der Waals surface area contributed by atoms with Gasteiger partial charge in [-0.15, -0.1) is 35.3 Å². The predicted octanol–water partition coefficient (Wildman–Crippen LogP) is 4.28. The Bertz CT molecular complexity index is 829. The number of aromatic nitrogens is 1. The van der Waals surface area contributed by atoms with Crippen molar-refractivity contribution in [3.8, 4) is 0 Å². The first-order valence-electron chi connectivity index (χ1n) is 9.39. The van der Waals surface area contributed by atoms with Gasteiger partial charge in [0.15, 0.2) is 5.96 Å². The van der Waals surface area contributed by atoms with E-state index in [4.69, 9.17) is 0 Å². The molecule has 2 N–H and O–H groups in total. The molecule has 0 amide bonds. The number of nitrogens with one attached hydrogen (secondary N) is 2. The second-order valence-corrected chi connectivity index (χ2v) is 8.82. The van der Waals surface area contributed by atoms with Crippen molar-refractivity contribution in [2.45, 2.75) is 45.2 Å². The van der Waals surface area contributed by atoms with Gasteiger partial charge in [-0.1, -0.05) is 26.8 Å². The Morgan fingerprint density at radius 3 is 2.59 bits per heavy atom. The van der Waals surface area contributed by atoms with Crippen molar-refractivity contribution in [3.63, 3.8) is 0 Å². The van der Waals surface area contributed by atoms with Crippen LogP contribution in [0.5, 0.6) is 0 Å². The van der Waals surface area contributed by atoms with Crippen LogP contribution in [0.15, 0.2) is 28.6 Å². The van der Waals surface area contributed by atoms with Crippen LogP contribution in [0.2, 0.25) is 0 Å². The number of aliphatic imine (C=N–C) groups is 1. The van der Waals surface area contributed by atoms with Gasteiger partial charge in [0.05, 0.1) is 17.2 Å². The molecule has 2 aromatic rings. The molecular weight excluding hydrogens is 507 g/mol. The fourth-order valence-corrected chi connectivity index (χ4v) is 4.07. The van der Waals surface area contributed by atoms with Crippen LogP contribution in [-0.2, 0) is 12.0 Å². The van der Waals surface area contributed by atoms with Crippen molar-refractivity contribution in [3.05, 3.63) is 45.9 Å². The number of halogens is 3. The third-order valence-corrected chi connectivity index (χ3v) is 5.95. The number of hydrogen-bond donors (Lipinski definition) is 2. The molecule has 160 valence electrons. The van der Waals surface area contributed by atoms with E-state index in [0.29, 0.717) is 25.6 Å². The highest BCUT2D eigenvalue weighted by Crippen LogP contribution is 2.27. The van der Waals surface area contributed by atoms with Crippen LogP contribution in [0, 0.1) is 11.6 Å². The van der Waals surface area contributed by atoms with Gasteiger partial charge in [0, 0.05) is 37.0 Å². The zero-order chi connectivity index (χ0) is 20.3. The van der Waals surface area contributed by atoms with E-state index in [1.165, 1.54) is 18.2 Å². The van der Waals surface area contributed by atoms with Crippen molar-refractivity contribution < 1.29 is 8.78 Å². The van der Waals surface area contributed by atoms with E-state index in [9.17, 15) is 8.78 Å². The number of hydrogen-bond acceptors (Lipinski definition) is 4. The number of benzene rings is 1. The summed E-state index contributed by atoms with van der Waals surface area (Å²) in [5.41, 5.74) is 1.06. The molecular formula is C20H28F2IN5S. The molecule has 5 nitrogen and oxygen atoms in total. The van der Waals surface area contributed by atoms with Gasteiger partial charge in [-0.2, -0.15) is 0 Å². The molecule has 1 unspecified atom stereocenters. The molecule has 1 aliphatic heterocycles. The zero-order valence-corrected chi connectivity index (χ0v) is 20.3. The highest BCUT2D eigenvalue weighted by Gasteiger charge is 2.27. The zero-order valence-electron chi connectivity index (χ0n) is 17.1. The van der Waals surface area contributed by atoms with E-state index in [-0.39, 0.29) is 41.1 Å². The summed E-state index contributed by atoms with van der Waals surface area (Å²) < 4.78 is 28.0. The number of rotatable bonds is 4. The van der Waals surface area contributed by atoms with Crippen molar-refractivity contribution >= 4 is 47.0 Å². The Balaban J connectivity index is 0.00000300. The molecule has 1 aliphatic rings.